The van der Waals surface area contributed by atoms with E-state index in [1.807, 2.05) is 11.3 Å². The first-order chi connectivity index (χ1) is 10.3. The highest BCUT2D eigenvalue weighted by Gasteiger charge is 2.26. The van der Waals surface area contributed by atoms with Crippen LogP contribution in [0, 0.1) is 0 Å². The molecule has 0 saturated carbocycles. The van der Waals surface area contributed by atoms with Crippen LogP contribution in [0.5, 0.6) is 0 Å². The van der Waals surface area contributed by atoms with Crippen molar-refractivity contribution in [2.75, 3.05) is 0 Å². The Kier molecular flexibility index (Phi) is 3.08. The zero-order chi connectivity index (χ0) is 14.4. The normalized spacial score (nSPS) is 18.1. The van der Waals surface area contributed by atoms with Gasteiger partial charge in [0.15, 0.2) is 0 Å². The smallest absolute Gasteiger partial charge is 0.117 e. The molecule has 108 valence electrons. The summed E-state index contributed by atoms with van der Waals surface area (Å²) in [5.41, 5.74) is 10.7. The van der Waals surface area contributed by atoms with Gasteiger partial charge in [0.25, 0.3) is 0 Å². The van der Waals surface area contributed by atoms with E-state index in [0.29, 0.717) is 12.5 Å². The number of hydrogen-bond donors (Lipinski definition) is 1. The Morgan fingerprint density at radius 3 is 3.14 bits per heavy atom. The monoisotopic (exact) mass is 297 g/mol. The summed E-state index contributed by atoms with van der Waals surface area (Å²) in [6.45, 7) is 0.578. The average molecular weight is 297 g/mol. The molecule has 1 unspecified atom stereocenters. The Bertz CT molecular complexity index is 800. The molecule has 0 radical (unpaired) electrons. The molecule has 0 saturated heterocycles. The number of aromatic nitrogens is 2. The fourth-order valence-corrected chi connectivity index (χ4v) is 4.43. The number of imidazole rings is 1. The van der Waals surface area contributed by atoms with Gasteiger partial charge in [-0.25, -0.2) is 4.98 Å². The first-order valence-electron chi connectivity index (χ1n) is 7.49. The van der Waals surface area contributed by atoms with E-state index in [1.165, 1.54) is 36.2 Å². The van der Waals surface area contributed by atoms with Gasteiger partial charge in [-0.3, -0.25) is 0 Å². The van der Waals surface area contributed by atoms with Crippen LogP contribution in [-0.4, -0.2) is 9.55 Å². The third kappa shape index (κ3) is 2.01. The van der Waals surface area contributed by atoms with Crippen LogP contribution < -0.4 is 5.73 Å². The van der Waals surface area contributed by atoms with Gasteiger partial charge in [-0.05, 0) is 54.0 Å². The molecule has 0 spiro atoms. The Morgan fingerprint density at radius 1 is 1.38 bits per heavy atom. The molecule has 4 rings (SSSR count). The zero-order valence-electron chi connectivity index (χ0n) is 12.2. The van der Waals surface area contributed by atoms with Crippen molar-refractivity contribution >= 4 is 22.4 Å². The average Bonchev–Trinajstić information content (AvgIpc) is 3.11. The second kappa shape index (κ2) is 4.97. The molecule has 1 aromatic carbocycles. The first kappa shape index (κ1) is 13.0. The van der Waals surface area contributed by atoms with Crippen molar-refractivity contribution in [2.45, 2.75) is 31.7 Å². The molecule has 2 heterocycles. The Balaban J connectivity index is 1.87. The molecule has 1 atom stereocenters. The molecule has 0 fully saturated rings. The minimum absolute atomic E-state index is 0.443. The number of nitrogens with two attached hydrogens (primary N) is 1. The third-order valence-electron chi connectivity index (χ3n) is 4.58. The maximum Gasteiger partial charge on any atom is 0.117 e. The lowest BCUT2D eigenvalue weighted by Gasteiger charge is -2.22. The SMILES string of the molecule is Cn1c(C2CCCc3sccc32)nc2ccc(CN)cc21. The number of thiophene rings is 1. The number of fused-ring (bicyclic) bond motifs is 2. The van der Waals surface area contributed by atoms with Crippen molar-refractivity contribution in [3.8, 4) is 0 Å². The number of rotatable bonds is 2. The van der Waals surface area contributed by atoms with Gasteiger partial charge in [0, 0.05) is 24.4 Å². The van der Waals surface area contributed by atoms with E-state index >= 15 is 0 Å². The van der Waals surface area contributed by atoms with E-state index in [2.05, 4.69) is 41.3 Å². The van der Waals surface area contributed by atoms with Crippen LogP contribution in [0.4, 0.5) is 0 Å². The van der Waals surface area contributed by atoms with Gasteiger partial charge in [-0.2, -0.15) is 0 Å². The molecule has 2 N–H and O–H groups in total. The largest absolute Gasteiger partial charge is 0.331 e. The topological polar surface area (TPSA) is 43.8 Å². The van der Waals surface area contributed by atoms with Gasteiger partial charge < -0.3 is 10.3 Å². The molecule has 21 heavy (non-hydrogen) atoms. The van der Waals surface area contributed by atoms with Crippen LogP contribution in [-0.2, 0) is 20.0 Å². The van der Waals surface area contributed by atoms with Crippen LogP contribution in [0.15, 0.2) is 29.6 Å². The van der Waals surface area contributed by atoms with E-state index in [1.54, 1.807) is 4.88 Å². The lowest BCUT2D eigenvalue weighted by atomic mass is 9.87. The fourth-order valence-electron chi connectivity index (χ4n) is 3.45. The van der Waals surface area contributed by atoms with Crippen molar-refractivity contribution in [3.63, 3.8) is 0 Å². The van der Waals surface area contributed by atoms with Crippen molar-refractivity contribution < 1.29 is 0 Å². The van der Waals surface area contributed by atoms with Crippen LogP contribution >= 0.6 is 11.3 Å². The Morgan fingerprint density at radius 2 is 2.29 bits per heavy atom. The standard InChI is InChI=1S/C17H19N3S/c1-20-15-9-11(10-18)5-6-14(15)19-17(20)13-3-2-4-16-12(13)7-8-21-16/h5-9,13H,2-4,10,18H2,1H3. The number of hydrogen-bond acceptors (Lipinski definition) is 3. The highest BCUT2D eigenvalue weighted by atomic mass is 32.1. The predicted octanol–water partition coefficient (Wildman–Crippen LogP) is 3.56. The summed E-state index contributed by atoms with van der Waals surface area (Å²) in [4.78, 5) is 6.46. The highest BCUT2D eigenvalue weighted by molar-refractivity contribution is 7.10. The van der Waals surface area contributed by atoms with Crippen molar-refractivity contribution in [1.29, 1.82) is 0 Å². The molecular formula is C17H19N3S. The van der Waals surface area contributed by atoms with Gasteiger partial charge in [0.05, 0.1) is 11.0 Å². The van der Waals surface area contributed by atoms with E-state index in [9.17, 15) is 0 Å². The maximum atomic E-state index is 5.76. The minimum Gasteiger partial charge on any atom is -0.331 e. The Labute approximate surface area is 128 Å². The predicted molar refractivity (Wildman–Crippen MR) is 87.7 cm³/mol. The first-order valence-corrected chi connectivity index (χ1v) is 8.37. The summed E-state index contributed by atoms with van der Waals surface area (Å²) in [5, 5.41) is 2.22. The van der Waals surface area contributed by atoms with Gasteiger partial charge in [0.1, 0.15) is 5.82 Å². The highest BCUT2D eigenvalue weighted by Crippen LogP contribution is 2.39. The Hall–Kier alpha value is -1.65. The van der Waals surface area contributed by atoms with E-state index < -0.39 is 0 Å². The molecule has 3 aromatic rings. The lowest BCUT2D eigenvalue weighted by molar-refractivity contribution is 0.584. The summed E-state index contributed by atoms with van der Waals surface area (Å²) in [6.07, 6.45) is 3.69. The molecule has 0 bridgehead atoms. The minimum atomic E-state index is 0.443. The van der Waals surface area contributed by atoms with E-state index in [-0.39, 0.29) is 0 Å². The second-order valence-corrected chi connectivity index (χ2v) is 6.80. The number of nitrogens with zero attached hydrogens (tertiary/aromatic N) is 2. The quantitative estimate of drug-likeness (QED) is 0.786. The van der Waals surface area contributed by atoms with E-state index in [4.69, 9.17) is 10.7 Å². The van der Waals surface area contributed by atoms with Crippen molar-refractivity contribution in [1.82, 2.24) is 9.55 Å². The summed E-state index contributed by atoms with van der Waals surface area (Å²) in [5.74, 6) is 1.64. The summed E-state index contributed by atoms with van der Waals surface area (Å²) >= 11 is 1.89. The molecule has 0 amide bonds. The lowest BCUT2D eigenvalue weighted by Crippen LogP contribution is -2.13. The molecule has 1 aliphatic rings. The second-order valence-electron chi connectivity index (χ2n) is 5.80. The summed E-state index contributed by atoms with van der Waals surface area (Å²) in [6, 6.07) is 8.63. The van der Waals surface area contributed by atoms with Gasteiger partial charge in [0.2, 0.25) is 0 Å². The molecule has 3 nitrogen and oxygen atoms in total. The molecular weight excluding hydrogens is 278 g/mol. The van der Waals surface area contributed by atoms with Gasteiger partial charge in [-0.15, -0.1) is 11.3 Å². The number of benzene rings is 1. The van der Waals surface area contributed by atoms with Crippen LogP contribution in [0.1, 0.15) is 40.6 Å². The number of aryl methyl sites for hydroxylation is 2. The third-order valence-corrected chi connectivity index (χ3v) is 5.58. The van der Waals surface area contributed by atoms with Crippen LogP contribution in [0.2, 0.25) is 0 Å². The van der Waals surface area contributed by atoms with Crippen molar-refractivity contribution in [3.05, 3.63) is 51.5 Å². The zero-order valence-corrected chi connectivity index (χ0v) is 13.0. The fraction of sp³-hybridized carbons (Fsp3) is 0.353. The van der Waals surface area contributed by atoms with Crippen LogP contribution in [0.25, 0.3) is 11.0 Å². The van der Waals surface area contributed by atoms with Crippen LogP contribution in [0.3, 0.4) is 0 Å². The van der Waals surface area contributed by atoms with E-state index in [0.717, 1.165) is 11.1 Å². The molecule has 0 aliphatic heterocycles. The van der Waals surface area contributed by atoms with Gasteiger partial charge >= 0.3 is 0 Å². The summed E-state index contributed by atoms with van der Waals surface area (Å²) < 4.78 is 2.26. The van der Waals surface area contributed by atoms with Crippen molar-refractivity contribution in [2.24, 2.45) is 12.8 Å². The summed E-state index contributed by atoms with van der Waals surface area (Å²) in [7, 11) is 2.13. The molecule has 1 aliphatic carbocycles. The molecule has 4 heteroatoms. The maximum absolute atomic E-state index is 5.76. The molecule has 2 aromatic heterocycles. The van der Waals surface area contributed by atoms with Gasteiger partial charge in [-0.1, -0.05) is 6.07 Å².